The minimum absolute atomic E-state index is 0.0339. The van der Waals surface area contributed by atoms with E-state index in [0.29, 0.717) is 25.9 Å². The predicted molar refractivity (Wildman–Crippen MR) is 113 cm³/mol. The lowest BCUT2D eigenvalue weighted by atomic mass is 10.1. The lowest BCUT2D eigenvalue weighted by molar-refractivity contribution is -0.384. The van der Waals surface area contributed by atoms with Gasteiger partial charge in [-0.2, -0.15) is 0 Å². The van der Waals surface area contributed by atoms with Gasteiger partial charge in [0, 0.05) is 48.9 Å². The van der Waals surface area contributed by atoms with Crippen molar-refractivity contribution in [3.05, 3.63) is 64.2 Å². The Morgan fingerprint density at radius 1 is 1.00 bits per heavy atom. The SMILES string of the molecule is CC(C)C(=O)Nc1ccc(CNC(=O)CCCNc2ccc([N+](=O)[O-])cc2)cc1. The molecule has 2 aromatic carbocycles. The molecule has 0 heterocycles. The summed E-state index contributed by atoms with van der Waals surface area (Å²) in [5, 5.41) is 19.4. The van der Waals surface area contributed by atoms with Gasteiger partial charge >= 0.3 is 0 Å². The Morgan fingerprint density at radius 2 is 1.62 bits per heavy atom. The summed E-state index contributed by atoms with van der Waals surface area (Å²) in [5.41, 5.74) is 2.51. The first kappa shape index (κ1) is 21.9. The summed E-state index contributed by atoms with van der Waals surface area (Å²) in [4.78, 5) is 33.8. The summed E-state index contributed by atoms with van der Waals surface area (Å²) in [6.45, 7) is 4.68. The summed E-state index contributed by atoms with van der Waals surface area (Å²) < 4.78 is 0. The third kappa shape index (κ3) is 7.61. The summed E-state index contributed by atoms with van der Waals surface area (Å²) in [6, 6.07) is 13.5. The normalized spacial score (nSPS) is 10.4. The fourth-order valence-corrected chi connectivity index (χ4v) is 2.46. The molecule has 0 aromatic heterocycles. The van der Waals surface area contributed by atoms with E-state index < -0.39 is 4.92 Å². The molecule has 2 rings (SSSR count). The molecule has 0 saturated carbocycles. The number of nitro benzene ring substituents is 1. The molecule has 0 fully saturated rings. The van der Waals surface area contributed by atoms with Crippen molar-refractivity contribution in [2.45, 2.75) is 33.2 Å². The minimum Gasteiger partial charge on any atom is -0.385 e. The van der Waals surface area contributed by atoms with Crippen molar-refractivity contribution >= 4 is 28.9 Å². The van der Waals surface area contributed by atoms with Crippen LogP contribution in [0.3, 0.4) is 0 Å². The van der Waals surface area contributed by atoms with E-state index in [-0.39, 0.29) is 23.4 Å². The van der Waals surface area contributed by atoms with Gasteiger partial charge in [0.2, 0.25) is 11.8 Å². The van der Waals surface area contributed by atoms with Crippen LogP contribution in [0.5, 0.6) is 0 Å². The van der Waals surface area contributed by atoms with Crippen LogP contribution < -0.4 is 16.0 Å². The predicted octanol–water partition coefficient (Wildman–Crippen LogP) is 3.70. The van der Waals surface area contributed by atoms with E-state index in [9.17, 15) is 19.7 Å². The number of nitrogens with one attached hydrogen (secondary N) is 3. The zero-order chi connectivity index (χ0) is 21.2. The molecule has 3 N–H and O–H groups in total. The fourth-order valence-electron chi connectivity index (χ4n) is 2.46. The van der Waals surface area contributed by atoms with Gasteiger partial charge < -0.3 is 16.0 Å². The van der Waals surface area contributed by atoms with E-state index in [2.05, 4.69) is 16.0 Å². The summed E-state index contributed by atoms with van der Waals surface area (Å²) in [6.07, 6.45) is 1.02. The van der Waals surface area contributed by atoms with Crippen molar-refractivity contribution in [3.8, 4) is 0 Å². The molecule has 0 unspecified atom stereocenters. The molecule has 8 nitrogen and oxygen atoms in total. The molecule has 29 heavy (non-hydrogen) atoms. The first-order chi connectivity index (χ1) is 13.8. The van der Waals surface area contributed by atoms with Gasteiger partial charge in [0.1, 0.15) is 0 Å². The first-order valence-electron chi connectivity index (χ1n) is 9.50. The van der Waals surface area contributed by atoms with E-state index in [1.807, 2.05) is 38.1 Å². The molecule has 0 bridgehead atoms. The highest BCUT2D eigenvalue weighted by Gasteiger charge is 2.07. The number of nitro groups is 1. The number of amides is 2. The van der Waals surface area contributed by atoms with Crippen LogP contribution in [0.4, 0.5) is 17.1 Å². The highest BCUT2D eigenvalue weighted by molar-refractivity contribution is 5.92. The molecule has 0 aliphatic rings. The third-order valence-corrected chi connectivity index (χ3v) is 4.22. The monoisotopic (exact) mass is 398 g/mol. The number of carbonyl (C=O) groups excluding carboxylic acids is 2. The zero-order valence-electron chi connectivity index (χ0n) is 16.6. The number of hydrogen-bond acceptors (Lipinski definition) is 5. The number of non-ortho nitro benzene ring substituents is 1. The number of hydrogen-bond donors (Lipinski definition) is 3. The molecule has 2 amide bonds. The molecular weight excluding hydrogens is 372 g/mol. The van der Waals surface area contributed by atoms with E-state index in [4.69, 9.17) is 0 Å². The lowest BCUT2D eigenvalue weighted by Crippen LogP contribution is -2.23. The minimum atomic E-state index is -0.441. The maximum Gasteiger partial charge on any atom is 0.269 e. The maximum atomic E-state index is 12.0. The average Bonchev–Trinajstić information content (AvgIpc) is 2.71. The molecule has 2 aromatic rings. The van der Waals surface area contributed by atoms with Crippen LogP contribution in [0, 0.1) is 16.0 Å². The van der Waals surface area contributed by atoms with Crippen LogP contribution in [-0.4, -0.2) is 23.3 Å². The quantitative estimate of drug-likeness (QED) is 0.321. The number of anilines is 2. The van der Waals surface area contributed by atoms with E-state index >= 15 is 0 Å². The largest absolute Gasteiger partial charge is 0.385 e. The van der Waals surface area contributed by atoms with Crippen molar-refractivity contribution in [2.75, 3.05) is 17.2 Å². The molecular formula is C21H26N4O4. The molecule has 0 aliphatic carbocycles. The van der Waals surface area contributed by atoms with Gasteiger partial charge in [-0.1, -0.05) is 26.0 Å². The zero-order valence-corrected chi connectivity index (χ0v) is 16.6. The Labute approximate surface area is 169 Å². The topological polar surface area (TPSA) is 113 Å². The van der Waals surface area contributed by atoms with Gasteiger partial charge in [0.15, 0.2) is 0 Å². The van der Waals surface area contributed by atoms with Gasteiger partial charge in [-0.15, -0.1) is 0 Å². The van der Waals surface area contributed by atoms with Crippen LogP contribution in [-0.2, 0) is 16.1 Å². The van der Waals surface area contributed by atoms with Crippen LogP contribution >= 0.6 is 0 Å². The Bertz CT molecular complexity index is 833. The van der Waals surface area contributed by atoms with Crippen molar-refractivity contribution in [1.29, 1.82) is 0 Å². The first-order valence-corrected chi connectivity index (χ1v) is 9.50. The molecule has 0 atom stereocenters. The van der Waals surface area contributed by atoms with Gasteiger partial charge in [-0.05, 0) is 36.2 Å². The van der Waals surface area contributed by atoms with E-state index in [0.717, 1.165) is 16.9 Å². The molecule has 0 saturated heterocycles. The van der Waals surface area contributed by atoms with Crippen LogP contribution in [0.25, 0.3) is 0 Å². The Kier molecular flexibility index (Phi) is 8.14. The van der Waals surface area contributed by atoms with Crippen LogP contribution in [0.2, 0.25) is 0 Å². The van der Waals surface area contributed by atoms with Crippen LogP contribution in [0.1, 0.15) is 32.3 Å². The molecule has 0 aliphatic heterocycles. The molecule has 0 spiro atoms. The smallest absolute Gasteiger partial charge is 0.269 e. The number of benzene rings is 2. The Morgan fingerprint density at radius 3 is 2.21 bits per heavy atom. The lowest BCUT2D eigenvalue weighted by Gasteiger charge is -2.09. The average molecular weight is 398 g/mol. The standard InChI is InChI=1S/C21H26N4O4/c1-15(2)21(27)24-18-7-5-16(6-8-18)14-23-20(26)4-3-13-22-17-9-11-19(12-10-17)25(28)29/h5-12,15,22H,3-4,13-14H2,1-2H3,(H,23,26)(H,24,27). The van der Waals surface area contributed by atoms with Gasteiger partial charge in [-0.25, -0.2) is 0 Å². The second-order valence-electron chi connectivity index (χ2n) is 6.95. The van der Waals surface area contributed by atoms with Crippen molar-refractivity contribution in [2.24, 2.45) is 5.92 Å². The summed E-state index contributed by atoms with van der Waals surface area (Å²) in [7, 11) is 0. The fraction of sp³-hybridized carbons (Fsp3) is 0.333. The second-order valence-corrected chi connectivity index (χ2v) is 6.95. The van der Waals surface area contributed by atoms with Gasteiger partial charge in [-0.3, -0.25) is 19.7 Å². The number of carbonyl (C=O) groups is 2. The van der Waals surface area contributed by atoms with Crippen molar-refractivity contribution in [1.82, 2.24) is 5.32 Å². The Balaban J connectivity index is 1.65. The highest BCUT2D eigenvalue weighted by Crippen LogP contribution is 2.15. The highest BCUT2D eigenvalue weighted by atomic mass is 16.6. The second kappa shape index (κ2) is 10.8. The van der Waals surface area contributed by atoms with Crippen molar-refractivity contribution < 1.29 is 14.5 Å². The van der Waals surface area contributed by atoms with Gasteiger partial charge in [0.05, 0.1) is 4.92 Å². The maximum absolute atomic E-state index is 12.0. The number of nitrogens with zero attached hydrogens (tertiary/aromatic N) is 1. The van der Waals surface area contributed by atoms with E-state index in [1.54, 1.807) is 12.1 Å². The third-order valence-electron chi connectivity index (χ3n) is 4.22. The van der Waals surface area contributed by atoms with Gasteiger partial charge in [0.25, 0.3) is 5.69 Å². The Hall–Kier alpha value is -3.42. The molecule has 154 valence electrons. The van der Waals surface area contributed by atoms with Crippen LogP contribution in [0.15, 0.2) is 48.5 Å². The molecule has 8 heteroatoms. The molecule has 0 radical (unpaired) electrons. The van der Waals surface area contributed by atoms with E-state index in [1.165, 1.54) is 12.1 Å². The summed E-state index contributed by atoms with van der Waals surface area (Å²) in [5.74, 6) is -0.162. The number of rotatable bonds is 10. The van der Waals surface area contributed by atoms with Crippen molar-refractivity contribution in [3.63, 3.8) is 0 Å². The summed E-state index contributed by atoms with van der Waals surface area (Å²) >= 11 is 0.